The summed E-state index contributed by atoms with van der Waals surface area (Å²) in [6.45, 7) is 2.95. The zero-order valence-corrected chi connectivity index (χ0v) is 19.8. The number of aromatic nitrogens is 1. The number of carbonyl (C=O) groups excluding carboxylic acids is 1. The van der Waals surface area contributed by atoms with Crippen LogP contribution in [0.1, 0.15) is 46.4 Å². The highest BCUT2D eigenvalue weighted by molar-refractivity contribution is 6.10. The first kappa shape index (κ1) is 22.5. The van der Waals surface area contributed by atoms with Crippen molar-refractivity contribution in [1.29, 1.82) is 0 Å². The molecule has 0 atom stereocenters. The SMILES string of the molecule is CN(C)CC1CCN(c2c(C(=O)C3CC3)cnc3ccc(-c4ccc(C(=O)O)cc4)cc23)CC1. The summed E-state index contributed by atoms with van der Waals surface area (Å²) >= 11 is 0. The number of anilines is 1. The normalized spacial score (nSPS) is 16.9. The van der Waals surface area contributed by atoms with Gasteiger partial charge in [-0.25, -0.2) is 4.79 Å². The van der Waals surface area contributed by atoms with Crippen LogP contribution in [0.15, 0.2) is 48.7 Å². The highest BCUT2D eigenvalue weighted by atomic mass is 16.4. The quantitative estimate of drug-likeness (QED) is 0.505. The number of carboxylic acid groups (broad SMARTS) is 1. The molecule has 1 aromatic heterocycles. The second-order valence-electron chi connectivity index (χ2n) is 9.97. The average molecular weight is 458 g/mol. The van der Waals surface area contributed by atoms with Crippen LogP contribution in [0.3, 0.4) is 0 Å². The van der Waals surface area contributed by atoms with Crippen LogP contribution in [0.4, 0.5) is 5.69 Å². The Kier molecular flexibility index (Phi) is 6.09. The summed E-state index contributed by atoms with van der Waals surface area (Å²) in [5.41, 5.74) is 4.86. The molecule has 6 nitrogen and oxygen atoms in total. The molecule has 0 amide bonds. The number of hydrogen-bond donors (Lipinski definition) is 1. The molecular weight excluding hydrogens is 426 g/mol. The molecule has 1 aliphatic heterocycles. The van der Waals surface area contributed by atoms with E-state index < -0.39 is 5.97 Å². The second kappa shape index (κ2) is 9.18. The number of aromatic carboxylic acids is 1. The largest absolute Gasteiger partial charge is 0.478 e. The molecule has 0 bridgehead atoms. The van der Waals surface area contributed by atoms with E-state index in [1.165, 1.54) is 0 Å². The number of piperidine rings is 1. The lowest BCUT2D eigenvalue weighted by atomic mass is 9.93. The van der Waals surface area contributed by atoms with E-state index in [4.69, 9.17) is 0 Å². The standard InChI is InChI=1S/C28H31N3O3/c1-30(2)17-18-11-13-31(14-12-18)26-23-15-22(19-3-7-21(8-4-19)28(33)34)9-10-25(23)29-16-24(26)27(32)20-5-6-20/h3-4,7-10,15-16,18,20H,5-6,11-14,17H2,1-2H3,(H,33,34). The molecule has 1 aliphatic carbocycles. The Hall–Kier alpha value is -3.25. The van der Waals surface area contributed by atoms with Crippen LogP contribution in [-0.4, -0.2) is 60.5 Å². The van der Waals surface area contributed by atoms with Crippen LogP contribution >= 0.6 is 0 Å². The molecular formula is C28H31N3O3. The van der Waals surface area contributed by atoms with Gasteiger partial charge in [0, 0.05) is 37.1 Å². The predicted molar refractivity (Wildman–Crippen MR) is 135 cm³/mol. The maximum Gasteiger partial charge on any atom is 0.335 e. The fourth-order valence-corrected chi connectivity index (χ4v) is 5.11. The van der Waals surface area contributed by atoms with Crippen molar-refractivity contribution in [2.45, 2.75) is 25.7 Å². The zero-order valence-electron chi connectivity index (χ0n) is 19.8. The van der Waals surface area contributed by atoms with Crippen molar-refractivity contribution in [2.24, 2.45) is 11.8 Å². The van der Waals surface area contributed by atoms with E-state index in [1.807, 2.05) is 24.3 Å². The Balaban J connectivity index is 1.56. The molecule has 34 heavy (non-hydrogen) atoms. The minimum atomic E-state index is -0.933. The summed E-state index contributed by atoms with van der Waals surface area (Å²) < 4.78 is 0. The number of rotatable bonds is 7. The van der Waals surface area contributed by atoms with Gasteiger partial charge in [0.05, 0.1) is 22.3 Å². The van der Waals surface area contributed by atoms with Crippen molar-refractivity contribution in [3.63, 3.8) is 0 Å². The van der Waals surface area contributed by atoms with Gasteiger partial charge in [0.15, 0.2) is 5.78 Å². The van der Waals surface area contributed by atoms with Crippen LogP contribution < -0.4 is 4.90 Å². The third-order valence-electron chi connectivity index (χ3n) is 7.07. The molecule has 0 spiro atoms. The average Bonchev–Trinajstić information content (AvgIpc) is 3.68. The van der Waals surface area contributed by atoms with Gasteiger partial charge in [0.2, 0.25) is 0 Å². The molecule has 1 saturated heterocycles. The van der Waals surface area contributed by atoms with Crippen molar-refractivity contribution in [1.82, 2.24) is 9.88 Å². The molecule has 1 saturated carbocycles. The summed E-state index contributed by atoms with van der Waals surface area (Å²) in [4.78, 5) is 33.8. The van der Waals surface area contributed by atoms with Gasteiger partial charge < -0.3 is 14.9 Å². The Labute approximate surface area is 200 Å². The summed E-state index contributed by atoms with van der Waals surface area (Å²) in [6.07, 6.45) is 5.94. The number of pyridine rings is 1. The third kappa shape index (κ3) is 4.55. The summed E-state index contributed by atoms with van der Waals surface area (Å²) in [7, 11) is 4.25. The molecule has 2 heterocycles. The number of Topliss-reactive ketones (excluding diaryl/α,β-unsaturated/α-hetero) is 1. The number of hydrogen-bond acceptors (Lipinski definition) is 5. The maximum atomic E-state index is 13.3. The summed E-state index contributed by atoms with van der Waals surface area (Å²) in [5.74, 6) is 0.0924. The Morgan fingerprint density at radius 1 is 1.00 bits per heavy atom. The van der Waals surface area contributed by atoms with Gasteiger partial charge in [-0.15, -0.1) is 0 Å². The molecule has 2 aromatic carbocycles. The minimum absolute atomic E-state index is 0.135. The zero-order chi connectivity index (χ0) is 23.8. The van der Waals surface area contributed by atoms with Crippen LogP contribution in [-0.2, 0) is 0 Å². The van der Waals surface area contributed by atoms with E-state index in [9.17, 15) is 14.7 Å². The van der Waals surface area contributed by atoms with Crippen LogP contribution in [0, 0.1) is 11.8 Å². The summed E-state index contributed by atoms with van der Waals surface area (Å²) in [5, 5.41) is 10.2. The third-order valence-corrected chi connectivity index (χ3v) is 7.07. The molecule has 5 rings (SSSR count). The number of fused-ring (bicyclic) bond motifs is 1. The van der Waals surface area contributed by atoms with E-state index in [2.05, 4.69) is 34.9 Å². The smallest absolute Gasteiger partial charge is 0.335 e. The molecule has 3 aromatic rings. The van der Waals surface area contributed by atoms with Gasteiger partial charge in [0.25, 0.3) is 0 Å². The van der Waals surface area contributed by atoms with E-state index in [-0.39, 0.29) is 17.3 Å². The molecule has 0 unspecified atom stereocenters. The molecule has 6 heteroatoms. The minimum Gasteiger partial charge on any atom is -0.478 e. The number of carboxylic acids is 1. The molecule has 1 N–H and O–H groups in total. The van der Waals surface area contributed by atoms with Crippen molar-refractivity contribution < 1.29 is 14.7 Å². The highest BCUT2D eigenvalue weighted by Crippen LogP contribution is 2.40. The van der Waals surface area contributed by atoms with E-state index in [1.54, 1.807) is 18.3 Å². The molecule has 2 fully saturated rings. The van der Waals surface area contributed by atoms with Crippen LogP contribution in [0.2, 0.25) is 0 Å². The van der Waals surface area contributed by atoms with Gasteiger partial charge in [-0.05, 0) is 81.1 Å². The lowest BCUT2D eigenvalue weighted by Gasteiger charge is -2.36. The van der Waals surface area contributed by atoms with Gasteiger partial charge in [-0.3, -0.25) is 9.78 Å². The van der Waals surface area contributed by atoms with Crippen LogP contribution in [0.25, 0.3) is 22.0 Å². The first-order chi connectivity index (χ1) is 16.4. The van der Waals surface area contributed by atoms with E-state index in [0.717, 1.165) is 78.6 Å². The predicted octanol–water partition coefficient (Wildman–Crippen LogP) is 4.97. The Morgan fingerprint density at radius 2 is 1.68 bits per heavy atom. The second-order valence-corrected chi connectivity index (χ2v) is 9.97. The van der Waals surface area contributed by atoms with Crippen molar-refractivity contribution >= 4 is 28.3 Å². The van der Waals surface area contributed by atoms with Gasteiger partial charge in [0.1, 0.15) is 0 Å². The van der Waals surface area contributed by atoms with E-state index in [0.29, 0.717) is 5.92 Å². The summed E-state index contributed by atoms with van der Waals surface area (Å²) in [6, 6.07) is 13.1. The topological polar surface area (TPSA) is 73.7 Å². The molecule has 176 valence electrons. The lowest BCUT2D eigenvalue weighted by molar-refractivity contribution is 0.0696. The Bertz CT molecular complexity index is 1220. The van der Waals surface area contributed by atoms with Gasteiger partial charge in [-0.1, -0.05) is 18.2 Å². The van der Waals surface area contributed by atoms with Crippen LogP contribution in [0.5, 0.6) is 0 Å². The fourth-order valence-electron chi connectivity index (χ4n) is 5.11. The van der Waals surface area contributed by atoms with Crippen molar-refractivity contribution in [3.05, 3.63) is 59.8 Å². The number of benzene rings is 2. The van der Waals surface area contributed by atoms with Crippen molar-refractivity contribution in [3.8, 4) is 11.1 Å². The molecule has 0 radical (unpaired) electrons. The highest BCUT2D eigenvalue weighted by Gasteiger charge is 2.34. The molecule has 2 aliphatic rings. The maximum absolute atomic E-state index is 13.3. The van der Waals surface area contributed by atoms with Gasteiger partial charge in [-0.2, -0.15) is 0 Å². The monoisotopic (exact) mass is 457 g/mol. The number of ketones is 1. The first-order valence-electron chi connectivity index (χ1n) is 12.1. The van der Waals surface area contributed by atoms with E-state index >= 15 is 0 Å². The van der Waals surface area contributed by atoms with Gasteiger partial charge >= 0.3 is 5.97 Å². The Morgan fingerprint density at radius 3 is 2.29 bits per heavy atom. The van der Waals surface area contributed by atoms with Crippen molar-refractivity contribution in [2.75, 3.05) is 38.6 Å². The fraction of sp³-hybridized carbons (Fsp3) is 0.393. The first-order valence-corrected chi connectivity index (χ1v) is 12.1. The lowest BCUT2D eigenvalue weighted by Crippen LogP contribution is -2.38. The number of nitrogens with zero attached hydrogens (tertiary/aromatic N) is 3. The number of carbonyl (C=O) groups is 2.